The maximum atomic E-state index is 13.0. The van der Waals surface area contributed by atoms with Crippen LogP contribution in [0.1, 0.15) is 25.5 Å². The Bertz CT molecular complexity index is 1270. The first-order valence-electron chi connectivity index (χ1n) is 9.95. The molecule has 2 aromatic heterocycles. The number of hydrogen-bond donors (Lipinski definition) is 1. The van der Waals surface area contributed by atoms with Crippen LogP contribution in [-0.4, -0.2) is 26.9 Å². The topological polar surface area (TPSA) is 78.2 Å². The van der Waals surface area contributed by atoms with E-state index in [1.54, 1.807) is 20.2 Å². The number of hydrogen-bond acceptors (Lipinski definition) is 4. The minimum absolute atomic E-state index is 0.162. The van der Waals surface area contributed by atoms with Gasteiger partial charge in [-0.1, -0.05) is 30.3 Å². The summed E-state index contributed by atoms with van der Waals surface area (Å²) >= 11 is 0. The zero-order valence-corrected chi connectivity index (χ0v) is 17.3. The molecule has 4 rings (SSSR count). The molecule has 2 heterocycles. The summed E-state index contributed by atoms with van der Waals surface area (Å²) in [5.41, 5.74) is 2.06. The maximum Gasteiger partial charge on any atom is 0.291 e. The molecule has 0 aliphatic rings. The minimum atomic E-state index is -0.565. The number of fused-ring (bicyclic) bond motifs is 3. The Morgan fingerprint density at radius 2 is 1.87 bits per heavy atom. The summed E-state index contributed by atoms with van der Waals surface area (Å²) in [5.74, 6) is 0.640. The number of para-hydroxylation sites is 1. The zero-order chi connectivity index (χ0) is 21.3. The van der Waals surface area contributed by atoms with Crippen LogP contribution in [0.4, 0.5) is 0 Å². The SMILES string of the molecule is CCOc1ccc(CNC(=O)[C@H](C)n2c3ccccc3c3cnn(C)c(=O)c32)cc1. The Balaban J connectivity index is 1.65. The third-order valence-electron chi connectivity index (χ3n) is 5.27. The lowest BCUT2D eigenvalue weighted by atomic mass is 10.2. The van der Waals surface area contributed by atoms with Gasteiger partial charge in [0.25, 0.3) is 5.56 Å². The van der Waals surface area contributed by atoms with Gasteiger partial charge in [-0.15, -0.1) is 0 Å². The molecule has 0 aliphatic carbocycles. The second-order valence-electron chi connectivity index (χ2n) is 7.19. The molecule has 7 nitrogen and oxygen atoms in total. The Morgan fingerprint density at radius 1 is 1.13 bits per heavy atom. The maximum absolute atomic E-state index is 13.0. The van der Waals surface area contributed by atoms with Crippen molar-refractivity contribution < 1.29 is 9.53 Å². The summed E-state index contributed by atoms with van der Waals surface area (Å²) in [5, 5.41) is 8.78. The van der Waals surface area contributed by atoms with Gasteiger partial charge in [-0.2, -0.15) is 5.10 Å². The van der Waals surface area contributed by atoms with Gasteiger partial charge in [0.15, 0.2) is 0 Å². The van der Waals surface area contributed by atoms with Crippen LogP contribution < -0.4 is 15.6 Å². The fraction of sp³-hybridized carbons (Fsp3) is 0.261. The van der Waals surface area contributed by atoms with E-state index < -0.39 is 6.04 Å². The average molecular weight is 404 g/mol. The number of amides is 1. The van der Waals surface area contributed by atoms with Crippen LogP contribution in [0.2, 0.25) is 0 Å². The predicted octanol–water partition coefficient (Wildman–Crippen LogP) is 3.16. The number of aryl methyl sites for hydroxylation is 1. The molecule has 7 heteroatoms. The van der Waals surface area contributed by atoms with Crippen molar-refractivity contribution in [2.45, 2.75) is 26.4 Å². The summed E-state index contributed by atoms with van der Waals surface area (Å²) in [6.07, 6.45) is 1.68. The molecule has 1 N–H and O–H groups in total. The number of ether oxygens (including phenoxy) is 1. The van der Waals surface area contributed by atoms with Crippen LogP contribution in [-0.2, 0) is 18.4 Å². The van der Waals surface area contributed by atoms with Gasteiger partial charge in [0.2, 0.25) is 5.91 Å². The van der Waals surface area contributed by atoms with Crippen LogP contribution >= 0.6 is 0 Å². The largest absolute Gasteiger partial charge is 0.494 e. The molecule has 2 aromatic carbocycles. The van der Waals surface area contributed by atoms with E-state index >= 15 is 0 Å². The Kier molecular flexibility index (Phi) is 5.27. The average Bonchev–Trinajstić information content (AvgIpc) is 3.10. The first kappa shape index (κ1) is 19.7. The second-order valence-corrected chi connectivity index (χ2v) is 7.19. The molecular formula is C23H24N4O3. The predicted molar refractivity (Wildman–Crippen MR) is 117 cm³/mol. The molecule has 0 saturated heterocycles. The molecule has 0 bridgehead atoms. The molecule has 154 valence electrons. The van der Waals surface area contributed by atoms with E-state index in [1.807, 2.05) is 60.0 Å². The van der Waals surface area contributed by atoms with Gasteiger partial charge in [-0.3, -0.25) is 9.59 Å². The summed E-state index contributed by atoms with van der Waals surface area (Å²) < 4.78 is 8.55. The molecule has 0 unspecified atom stereocenters. The number of nitrogens with one attached hydrogen (secondary N) is 1. The van der Waals surface area contributed by atoms with Gasteiger partial charge in [-0.25, -0.2) is 4.68 Å². The highest BCUT2D eigenvalue weighted by atomic mass is 16.5. The molecule has 4 aromatic rings. The van der Waals surface area contributed by atoms with Crippen molar-refractivity contribution in [3.63, 3.8) is 0 Å². The normalized spacial score (nSPS) is 12.2. The molecule has 30 heavy (non-hydrogen) atoms. The zero-order valence-electron chi connectivity index (χ0n) is 17.3. The molecule has 0 radical (unpaired) electrons. The molecule has 1 atom stereocenters. The van der Waals surface area contributed by atoms with Gasteiger partial charge in [-0.05, 0) is 37.6 Å². The van der Waals surface area contributed by atoms with Crippen molar-refractivity contribution in [2.24, 2.45) is 7.05 Å². The molecule has 0 aliphatic heterocycles. The first-order valence-corrected chi connectivity index (χ1v) is 9.95. The lowest BCUT2D eigenvalue weighted by Gasteiger charge is -2.17. The number of rotatable bonds is 6. The van der Waals surface area contributed by atoms with Crippen LogP contribution in [0.5, 0.6) is 5.75 Å². The fourth-order valence-electron chi connectivity index (χ4n) is 3.71. The molecule has 0 spiro atoms. The summed E-state index contributed by atoms with van der Waals surface area (Å²) in [6, 6.07) is 14.8. The van der Waals surface area contributed by atoms with E-state index in [0.29, 0.717) is 18.7 Å². The number of aromatic nitrogens is 3. The molecule has 1 amide bonds. The minimum Gasteiger partial charge on any atom is -0.494 e. The summed E-state index contributed by atoms with van der Waals surface area (Å²) in [4.78, 5) is 25.8. The van der Waals surface area contributed by atoms with E-state index in [-0.39, 0.29) is 11.5 Å². The highest BCUT2D eigenvalue weighted by Gasteiger charge is 2.23. The van der Waals surface area contributed by atoms with Crippen LogP contribution in [0.15, 0.2) is 59.5 Å². The highest BCUT2D eigenvalue weighted by molar-refractivity contribution is 6.08. The van der Waals surface area contributed by atoms with Gasteiger partial charge < -0.3 is 14.6 Å². The first-order chi connectivity index (χ1) is 14.5. The standard InChI is InChI=1S/C23H24N4O3/c1-4-30-17-11-9-16(10-12-17)13-24-22(28)15(2)27-20-8-6-5-7-18(20)19-14-25-26(3)23(29)21(19)27/h5-12,14-15H,4,13H2,1-3H3,(H,24,28)/t15-/m0/s1. The monoisotopic (exact) mass is 404 g/mol. The lowest BCUT2D eigenvalue weighted by Crippen LogP contribution is -2.32. The van der Waals surface area contributed by atoms with Crippen LogP contribution in [0.3, 0.4) is 0 Å². The van der Waals surface area contributed by atoms with E-state index in [9.17, 15) is 9.59 Å². The van der Waals surface area contributed by atoms with Crippen molar-refractivity contribution in [1.29, 1.82) is 0 Å². The van der Waals surface area contributed by atoms with Gasteiger partial charge in [0.1, 0.15) is 17.3 Å². The molecule has 0 saturated carbocycles. The highest BCUT2D eigenvalue weighted by Crippen LogP contribution is 2.29. The van der Waals surface area contributed by atoms with Crippen LogP contribution in [0.25, 0.3) is 21.8 Å². The van der Waals surface area contributed by atoms with Crippen LogP contribution in [0, 0.1) is 0 Å². The van der Waals surface area contributed by atoms with E-state index in [2.05, 4.69) is 10.4 Å². The number of benzene rings is 2. The van der Waals surface area contributed by atoms with Crippen molar-refractivity contribution in [1.82, 2.24) is 19.7 Å². The smallest absolute Gasteiger partial charge is 0.291 e. The fourth-order valence-corrected chi connectivity index (χ4v) is 3.71. The Hall–Kier alpha value is -3.61. The third kappa shape index (κ3) is 3.43. The number of carbonyl (C=O) groups excluding carboxylic acids is 1. The van der Waals surface area contributed by atoms with Gasteiger partial charge in [0.05, 0.1) is 18.3 Å². The quantitative estimate of drug-likeness (QED) is 0.535. The van der Waals surface area contributed by atoms with E-state index in [0.717, 1.165) is 27.6 Å². The lowest BCUT2D eigenvalue weighted by molar-refractivity contribution is -0.123. The summed E-state index contributed by atoms with van der Waals surface area (Å²) in [6.45, 7) is 4.75. The number of carbonyl (C=O) groups is 1. The van der Waals surface area contributed by atoms with Crippen molar-refractivity contribution >= 4 is 27.7 Å². The number of nitrogens with zero attached hydrogens (tertiary/aromatic N) is 3. The second kappa shape index (κ2) is 8.02. The van der Waals surface area contributed by atoms with E-state index in [4.69, 9.17) is 4.74 Å². The van der Waals surface area contributed by atoms with E-state index in [1.165, 1.54) is 4.68 Å². The summed E-state index contributed by atoms with van der Waals surface area (Å²) in [7, 11) is 1.61. The van der Waals surface area contributed by atoms with Crippen molar-refractivity contribution in [3.8, 4) is 5.75 Å². The third-order valence-corrected chi connectivity index (χ3v) is 5.27. The Labute approximate surface area is 173 Å². The Morgan fingerprint density at radius 3 is 2.60 bits per heavy atom. The van der Waals surface area contributed by atoms with Crippen molar-refractivity contribution in [3.05, 3.63) is 70.6 Å². The van der Waals surface area contributed by atoms with Gasteiger partial charge >= 0.3 is 0 Å². The molecule has 0 fully saturated rings. The van der Waals surface area contributed by atoms with Gasteiger partial charge in [0, 0.05) is 24.4 Å². The van der Waals surface area contributed by atoms with Crippen molar-refractivity contribution in [2.75, 3.05) is 6.61 Å². The molecular weight excluding hydrogens is 380 g/mol.